The van der Waals surface area contributed by atoms with Crippen LogP contribution in [0.15, 0.2) is 0 Å². The fourth-order valence-corrected chi connectivity index (χ4v) is 0.845. The lowest BCUT2D eigenvalue weighted by Crippen LogP contribution is -1.72. The second kappa shape index (κ2) is 11.0. The number of terminal acetylenes is 2. The Morgan fingerprint density at radius 3 is 1.69 bits per heavy atom. The lowest BCUT2D eigenvalue weighted by Gasteiger charge is -1.76. The predicted octanol–water partition coefficient (Wildman–Crippen LogP) is 2.43. The zero-order chi connectivity index (χ0) is 12.1. The van der Waals surface area contributed by atoms with E-state index in [0.717, 1.165) is 0 Å². The van der Waals surface area contributed by atoms with Crippen molar-refractivity contribution in [3.8, 4) is 48.7 Å². The summed E-state index contributed by atoms with van der Waals surface area (Å²) in [5.74, 6) is 9.97. The van der Waals surface area contributed by atoms with Gasteiger partial charge in [-0.05, 0) is 0 Å². The minimum absolute atomic E-state index is 0.494. The Hall–Kier alpha value is -2.06. The van der Waals surface area contributed by atoms with Crippen molar-refractivity contribution in [1.29, 1.82) is 0 Å². The van der Waals surface area contributed by atoms with Gasteiger partial charge in [0.15, 0.2) is 12.2 Å². The zero-order valence-electron chi connectivity index (χ0n) is 8.66. The van der Waals surface area contributed by atoms with Gasteiger partial charge in [0.2, 0.25) is 0 Å². The molecule has 0 heterocycles. The molecule has 0 unspecified atom stereocenters. The predicted molar refractivity (Wildman–Crippen MR) is 61.5 cm³/mol. The largest absolute Gasteiger partial charge is 0.823 e. The normalized spacial score (nSPS) is 6.88. The number of unbranched alkanes of at least 4 members (excludes halogenated alkanes) is 2. The lowest BCUT2D eigenvalue weighted by molar-refractivity contribution is 0.383. The van der Waals surface area contributed by atoms with Crippen molar-refractivity contribution in [3.63, 3.8) is 0 Å². The summed E-state index contributed by atoms with van der Waals surface area (Å²) in [6.45, 7) is 0. The van der Waals surface area contributed by atoms with E-state index in [1.54, 1.807) is 0 Å². The number of hydrogen-bond acceptors (Lipinski definition) is 3. The van der Waals surface area contributed by atoms with Crippen molar-refractivity contribution in [1.82, 2.24) is 0 Å². The molecule has 0 amide bonds. The van der Waals surface area contributed by atoms with Crippen LogP contribution in [-0.2, 0) is 13.6 Å². The molecule has 0 aromatic rings. The Kier molecular flexibility index (Phi) is 9.60. The van der Waals surface area contributed by atoms with Crippen LogP contribution >= 0.6 is 8.25 Å². The van der Waals surface area contributed by atoms with Crippen molar-refractivity contribution < 1.29 is 13.6 Å². The van der Waals surface area contributed by atoms with Crippen molar-refractivity contribution >= 4 is 8.25 Å². The van der Waals surface area contributed by atoms with Crippen LogP contribution in [0.25, 0.3) is 0 Å². The molecule has 0 fully saturated rings. The minimum atomic E-state index is -2.32. The van der Waals surface area contributed by atoms with Crippen molar-refractivity contribution in [2.75, 3.05) is 0 Å². The van der Waals surface area contributed by atoms with Gasteiger partial charge >= 0.3 is 8.25 Å². The van der Waals surface area contributed by atoms with Gasteiger partial charge in [-0.2, -0.15) is 9.05 Å². The molecule has 0 aliphatic rings. The topological polar surface area (TPSA) is 35.5 Å². The first-order valence-electron chi connectivity index (χ1n) is 4.45. The molecule has 3 nitrogen and oxygen atoms in total. The van der Waals surface area contributed by atoms with Crippen LogP contribution in [0.3, 0.4) is 0 Å². The molecule has 0 atom stereocenters. The minimum Gasteiger partial charge on any atom is -0.165 e. The molecule has 0 aliphatic carbocycles. The SMILES string of the molecule is C#CCCC#CO[P+](=O)OC#CCCC#C. The summed E-state index contributed by atoms with van der Waals surface area (Å²) < 4.78 is 19.9. The standard InChI is InChI=1S/C12H10O3P/c1-3-5-7-9-11-14-16(13)15-12-10-8-6-4-2/h1-2H,5-8H2/q+1. The first-order chi connectivity index (χ1) is 7.81. The average molecular weight is 233 g/mol. The van der Waals surface area contributed by atoms with Gasteiger partial charge in [0.1, 0.15) is 0 Å². The van der Waals surface area contributed by atoms with Gasteiger partial charge in [-0.3, -0.25) is 0 Å². The summed E-state index contributed by atoms with van der Waals surface area (Å²) in [5.41, 5.74) is 0. The molecule has 0 spiro atoms. The number of hydrogen-bond donors (Lipinski definition) is 0. The maximum Gasteiger partial charge on any atom is 0.823 e. The van der Waals surface area contributed by atoms with Gasteiger partial charge in [-0.1, -0.05) is 11.8 Å². The van der Waals surface area contributed by atoms with Crippen LogP contribution < -0.4 is 0 Å². The highest BCUT2D eigenvalue weighted by Gasteiger charge is 2.18. The van der Waals surface area contributed by atoms with Gasteiger partial charge in [-0.15, -0.1) is 24.7 Å². The van der Waals surface area contributed by atoms with E-state index in [1.165, 1.54) is 0 Å². The highest BCUT2D eigenvalue weighted by Crippen LogP contribution is 2.21. The van der Waals surface area contributed by atoms with E-state index >= 15 is 0 Å². The van der Waals surface area contributed by atoms with Crippen LogP contribution in [0.1, 0.15) is 25.7 Å². The summed E-state index contributed by atoms with van der Waals surface area (Å²) in [6, 6.07) is 0. The van der Waals surface area contributed by atoms with E-state index < -0.39 is 8.25 Å². The molecule has 0 aromatic carbocycles. The first kappa shape index (κ1) is 13.9. The molecule has 80 valence electrons. The second-order valence-electron chi connectivity index (χ2n) is 2.37. The molecule has 0 radical (unpaired) electrons. The molecular weight excluding hydrogens is 223 g/mol. The van der Waals surface area contributed by atoms with E-state index in [0.29, 0.717) is 25.7 Å². The zero-order valence-corrected chi connectivity index (χ0v) is 9.55. The fourth-order valence-electron chi connectivity index (χ4n) is 0.529. The summed E-state index contributed by atoms with van der Waals surface area (Å²) in [5, 5.41) is 0. The van der Waals surface area contributed by atoms with Gasteiger partial charge in [0.25, 0.3) is 0 Å². The summed E-state index contributed by atoms with van der Waals surface area (Å²) in [7, 11) is -2.32. The molecule has 0 saturated heterocycles. The van der Waals surface area contributed by atoms with E-state index in [2.05, 4.69) is 44.9 Å². The van der Waals surface area contributed by atoms with E-state index in [-0.39, 0.29) is 0 Å². The molecule has 0 bridgehead atoms. The van der Waals surface area contributed by atoms with Crippen LogP contribution in [-0.4, -0.2) is 0 Å². The summed E-state index contributed by atoms with van der Waals surface area (Å²) >= 11 is 0. The molecule has 0 rings (SSSR count). The van der Waals surface area contributed by atoms with Gasteiger partial charge in [0, 0.05) is 30.2 Å². The summed E-state index contributed by atoms with van der Waals surface area (Å²) in [4.78, 5) is 0. The molecule has 16 heavy (non-hydrogen) atoms. The molecular formula is C12H10O3P+. The molecule has 0 aromatic heterocycles. The molecule has 0 N–H and O–H groups in total. The Bertz CT molecular complexity index is 378. The third-order valence-corrected chi connectivity index (χ3v) is 1.65. The quantitative estimate of drug-likeness (QED) is 0.425. The van der Waals surface area contributed by atoms with Crippen molar-refractivity contribution in [2.45, 2.75) is 25.7 Å². The van der Waals surface area contributed by atoms with Crippen molar-refractivity contribution in [2.24, 2.45) is 0 Å². The second-order valence-corrected chi connectivity index (χ2v) is 3.18. The maximum atomic E-state index is 10.9. The van der Waals surface area contributed by atoms with Crippen LogP contribution in [0, 0.1) is 48.7 Å². The monoisotopic (exact) mass is 233 g/mol. The highest BCUT2D eigenvalue weighted by atomic mass is 31.1. The van der Waals surface area contributed by atoms with Gasteiger partial charge in [0.05, 0.1) is 0 Å². The van der Waals surface area contributed by atoms with Crippen molar-refractivity contribution in [3.05, 3.63) is 0 Å². The smallest absolute Gasteiger partial charge is 0.165 e. The fraction of sp³-hybridized carbons (Fsp3) is 0.333. The lowest BCUT2D eigenvalue weighted by atomic mass is 10.3. The first-order valence-corrected chi connectivity index (χ1v) is 5.54. The van der Waals surface area contributed by atoms with Gasteiger partial charge < -0.3 is 0 Å². The van der Waals surface area contributed by atoms with E-state index in [4.69, 9.17) is 12.8 Å². The Balaban J connectivity index is 3.65. The Morgan fingerprint density at radius 1 is 0.875 bits per heavy atom. The maximum absolute atomic E-state index is 10.9. The molecule has 0 aliphatic heterocycles. The molecule has 4 heteroatoms. The van der Waals surface area contributed by atoms with Crippen LogP contribution in [0.2, 0.25) is 0 Å². The van der Waals surface area contributed by atoms with Crippen LogP contribution in [0.4, 0.5) is 0 Å². The third-order valence-electron chi connectivity index (χ3n) is 1.17. The Labute approximate surface area is 96.9 Å². The van der Waals surface area contributed by atoms with E-state index in [1.807, 2.05) is 0 Å². The summed E-state index contributed by atoms with van der Waals surface area (Å²) in [6.07, 6.45) is 16.5. The van der Waals surface area contributed by atoms with Crippen LogP contribution in [0.5, 0.6) is 0 Å². The Morgan fingerprint density at radius 2 is 1.31 bits per heavy atom. The average Bonchev–Trinajstić information content (AvgIpc) is 2.28. The van der Waals surface area contributed by atoms with Gasteiger partial charge in [-0.25, -0.2) is 0 Å². The van der Waals surface area contributed by atoms with E-state index in [9.17, 15) is 4.57 Å². The number of rotatable bonds is 4. The molecule has 0 saturated carbocycles. The highest BCUT2D eigenvalue weighted by molar-refractivity contribution is 7.33. The third kappa shape index (κ3) is 10.0.